The summed E-state index contributed by atoms with van der Waals surface area (Å²) in [5, 5.41) is 4.91. The van der Waals surface area contributed by atoms with Crippen molar-refractivity contribution in [2.75, 3.05) is 25.0 Å². The number of nitrogens with zero attached hydrogens (tertiary/aromatic N) is 1. The summed E-state index contributed by atoms with van der Waals surface area (Å²) < 4.78 is 13.5. The maximum atomic E-state index is 13.5. The molecule has 27 heavy (non-hydrogen) atoms. The molecule has 142 valence electrons. The van der Waals surface area contributed by atoms with Crippen LogP contribution < -0.4 is 10.6 Å². The van der Waals surface area contributed by atoms with E-state index >= 15 is 0 Å². The lowest BCUT2D eigenvalue weighted by atomic mass is 9.90. The lowest BCUT2D eigenvalue weighted by molar-refractivity contribution is -0.131. The maximum Gasteiger partial charge on any atom is 0.319 e. The van der Waals surface area contributed by atoms with Gasteiger partial charge in [0, 0.05) is 13.1 Å². The van der Waals surface area contributed by atoms with Crippen molar-refractivity contribution in [3.8, 4) is 0 Å². The van der Waals surface area contributed by atoms with E-state index < -0.39 is 11.8 Å². The van der Waals surface area contributed by atoms with Gasteiger partial charge in [-0.3, -0.25) is 4.79 Å². The molecule has 0 bridgehead atoms. The van der Waals surface area contributed by atoms with E-state index in [-0.39, 0.29) is 18.1 Å². The second kappa shape index (κ2) is 9.16. The standard InChI is InChI=1S/C21H24FN3O2/c22-18-8-4-5-9-19(18)24-21(27)23-15-20(26)25-12-10-17(11-13-25)14-16-6-2-1-3-7-16/h1-9,17H,10-15H2,(H2,23,24,27). The van der Waals surface area contributed by atoms with Crippen molar-refractivity contribution in [2.24, 2.45) is 5.92 Å². The fourth-order valence-electron chi connectivity index (χ4n) is 3.33. The Kier molecular flexibility index (Phi) is 6.41. The van der Waals surface area contributed by atoms with Gasteiger partial charge in [-0.2, -0.15) is 0 Å². The van der Waals surface area contributed by atoms with Gasteiger partial charge < -0.3 is 15.5 Å². The molecule has 1 saturated heterocycles. The zero-order valence-corrected chi connectivity index (χ0v) is 15.2. The summed E-state index contributed by atoms with van der Waals surface area (Å²) >= 11 is 0. The molecule has 1 heterocycles. The molecule has 2 N–H and O–H groups in total. The summed E-state index contributed by atoms with van der Waals surface area (Å²) in [6.07, 6.45) is 2.95. The van der Waals surface area contributed by atoms with Gasteiger partial charge in [-0.25, -0.2) is 9.18 Å². The van der Waals surface area contributed by atoms with Gasteiger partial charge >= 0.3 is 6.03 Å². The first-order valence-electron chi connectivity index (χ1n) is 9.23. The van der Waals surface area contributed by atoms with E-state index in [4.69, 9.17) is 0 Å². The summed E-state index contributed by atoms with van der Waals surface area (Å²) in [6.45, 7) is 1.31. The van der Waals surface area contributed by atoms with Gasteiger partial charge in [0.1, 0.15) is 5.82 Å². The number of rotatable bonds is 5. The third-order valence-electron chi connectivity index (χ3n) is 4.86. The Labute approximate surface area is 158 Å². The normalized spacial score (nSPS) is 14.6. The fourth-order valence-corrected chi connectivity index (χ4v) is 3.33. The number of carbonyl (C=O) groups is 2. The molecule has 0 spiro atoms. The van der Waals surface area contributed by atoms with Crippen molar-refractivity contribution >= 4 is 17.6 Å². The first kappa shape index (κ1) is 18.9. The van der Waals surface area contributed by atoms with Gasteiger partial charge in [0.05, 0.1) is 12.2 Å². The minimum Gasteiger partial charge on any atom is -0.341 e. The average molecular weight is 369 g/mol. The Morgan fingerprint density at radius 3 is 2.37 bits per heavy atom. The molecule has 1 fully saturated rings. The highest BCUT2D eigenvalue weighted by Crippen LogP contribution is 2.21. The maximum absolute atomic E-state index is 13.5. The zero-order valence-electron chi connectivity index (χ0n) is 15.2. The van der Waals surface area contributed by atoms with Crippen LogP contribution >= 0.6 is 0 Å². The van der Waals surface area contributed by atoms with Crippen LogP contribution in [-0.2, 0) is 11.2 Å². The predicted octanol–water partition coefficient (Wildman–Crippen LogP) is 3.43. The molecule has 0 aromatic heterocycles. The van der Waals surface area contributed by atoms with Crippen molar-refractivity contribution in [3.05, 3.63) is 66.0 Å². The van der Waals surface area contributed by atoms with Crippen LogP contribution in [-0.4, -0.2) is 36.5 Å². The number of benzene rings is 2. The lowest BCUT2D eigenvalue weighted by Gasteiger charge is -2.32. The second-order valence-corrected chi connectivity index (χ2v) is 6.80. The molecular weight excluding hydrogens is 345 g/mol. The van der Waals surface area contributed by atoms with Crippen LogP contribution in [0.2, 0.25) is 0 Å². The van der Waals surface area contributed by atoms with Gasteiger partial charge in [-0.05, 0) is 42.9 Å². The van der Waals surface area contributed by atoms with Crippen molar-refractivity contribution in [1.82, 2.24) is 10.2 Å². The Balaban J connectivity index is 1.39. The SMILES string of the molecule is O=C(NCC(=O)N1CCC(Cc2ccccc2)CC1)Nc1ccccc1F. The summed E-state index contributed by atoms with van der Waals surface area (Å²) in [6, 6.07) is 15.7. The second-order valence-electron chi connectivity index (χ2n) is 6.80. The third-order valence-corrected chi connectivity index (χ3v) is 4.86. The zero-order chi connectivity index (χ0) is 19.1. The van der Waals surface area contributed by atoms with Gasteiger partial charge in [0.15, 0.2) is 0 Å². The van der Waals surface area contributed by atoms with Crippen LogP contribution in [0, 0.1) is 11.7 Å². The monoisotopic (exact) mass is 369 g/mol. The van der Waals surface area contributed by atoms with Crippen LogP contribution in [0.1, 0.15) is 18.4 Å². The highest BCUT2D eigenvalue weighted by atomic mass is 19.1. The first-order chi connectivity index (χ1) is 13.1. The molecule has 0 saturated carbocycles. The third kappa shape index (κ3) is 5.54. The average Bonchev–Trinajstić information content (AvgIpc) is 2.69. The number of amides is 3. The fraction of sp³-hybridized carbons (Fsp3) is 0.333. The molecule has 3 amide bonds. The summed E-state index contributed by atoms with van der Waals surface area (Å²) in [5.41, 5.74) is 1.41. The molecule has 0 unspecified atom stereocenters. The van der Waals surface area contributed by atoms with Gasteiger partial charge in [0.25, 0.3) is 0 Å². The van der Waals surface area contributed by atoms with Crippen LogP contribution in [0.3, 0.4) is 0 Å². The topological polar surface area (TPSA) is 61.4 Å². The first-order valence-corrected chi connectivity index (χ1v) is 9.23. The summed E-state index contributed by atoms with van der Waals surface area (Å²) in [5.74, 6) is -0.0509. The number of nitrogens with one attached hydrogen (secondary N) is 2. The highest BCUT2D eigenvalue weighted by molar-refractivity contribution is 5.92. The Bertz CT molecular complexity index is 774. The number of carbonyl (C=O) groups excluding carboxylic acids is 2. The summed E-state index contributed by atoms with van der Waals surface area (Å²) in [7, 11) is 0. The number of anilines is 1. The van der Waals surface area contributed by atoms with E-state index in [1.54, 1.807) is 17.0 Å². The number of hydrogen-bond donors (Lipinski definition) is 2. The lowest BCUT2D eigenvalue weighted by Crippen LogP contribution is -2.45. The van der Waals surface area contributed by atoms with E-state index in [1.165, 1.54) is 17.7 Å². The number of para-hydroxylation sites is 1. The molecule has 1 aliphatic heterocycles. The number of piperidine rings is 1. The molecule has 2 aromatic carbocycles. The van der Waals surface area contributed by atoms with E-state index in [0.29, 0.717) is 19.0 Å². The molecule has 0 radical (unpaired) electrons. The Hall–Kier alpha value is -2.89. The summed E-state index contributed by atoms with van der Waals surface area (Å²) in [4.78, 5) is 25.9. The number of urea groups is 1. The van der Waals surface area contributed by atoms with Crippen molar-refractivity contribution < 1.29 is 14.0 Å². The Morgan fingerprint density at radius 1 is 1.00 bits per heavy atom. The molecule has 3 rings (SSSR count). The van der Waals surface area contributed by atoms with E-state index in [1.807, 2.05) is 18.2 Å². The van der Waals surface area contributed by atoms with Gasteiger partial charge in [-0.15, -0.1) is 0 Å². The van der Waals surface area contributed by atoms with Crippen LogP contribution in [0.15, 0.2) is 54.6 Å². The van der Waals surface area contributed by atoms with E-state index in [9.17, 15) is 14.0 Å². The minimum absolute atomic E-state index is 0.0872. The number of likely N-dealkylation sites (tertiary alicyclic amines) is 1. The number of halogens is 1. The molecule has 6 heteroatoms. The van der Waals surface area contributed by atoms with Crippen LogP contribution in [0.4, 0.5) is 14.9 Å². The van der Waals surface area contributed by atoms with Gasteiger partial charge in [-0.1, -0.05) is 42.5 Å². The van der Waals surface area contributed by atoms with Crippen molar-refractivity contribution in [2.45, 2.75) is 19.3 Å². The van der Waals surface area contributed by atoms with Crippen LogP contribution in [0.5, 0.6) is 0 Å². The molecule has 0 aliphatic carbocycles. The largest absolute Gasteiger partial charge is 0.341 e. The molecule has 0 atom stereocenters. The minimum atomic E-state index is -0.590. The molecule has 5 nitrogen and oxygen atoms in total. The van der Waals surface area contributed by atoms with Crippen molar-refractivity contribution in [1.29, 1.82) is 0 Å². The highest BCUT2D eigenvalue weighted by Gasteiger charge is 2.23. The molecule has 2 aromatic rings. The smallest absolute Gasteiger partial charge is 0.319 e. The van der Waals surface area contributed by atoms with Crippen molar-refractivity contribution in [3.63, 3.8) is 0 Å². The van der Waals surface area contributed by atoms with E-state index in [2.05, 4.69) is 22.8 Å². The van der Waals surface area contributed by atoms with Gasteiger partial charge in [0.2, 0.25) is 5.91 Å². The van der Waals surface area contributed by atoms with Crippen LogP contribution in [0.25, 0.3) is 0 Å². The van der Waals surface area contributed by atoms with E-state index in [0.717, 1.165) is 19.3 Å². The predicted molar refractivity (Wildman–Crippen MR) is 103 cm³/mol. The molecule has 1 aliphatic rings. The molecular formula is C21H24FN3O2. The Morgan fingerprint density at radius 2 is 1.67 bits per heavy atom. The quantitative estimate of drug-likeness (QED) is 0.848. The number of hydrogen-bond acceptors (Lipinski definition) is 2.